The average molecular weight is 358 g/mol. The van der Waals surface area contributed by atoms with E-state index in [9.17, 15) is 14.0 Å². The van der Waals surface area contributed by atoms with Crippen LogP contribution in [0.25, 0.3) is 0 Å². The highest BCUT2D eigenvalue weighted by atomic mass is 19.1. The zero-order valence-corrected chi connectivity index (χ0v) is 14.9. The standard InChI is InChI=1S/C20H23FN2O3/c1-3-17(20(25)22-2)23(13-15-9-5-4-6-10-15)19(24)14-26-18-12-8-7-11-16(18)21/h4-12,17H,3,13-14H2,1-2H3,(H,22,25)/t17-/m1/s1. The molecule has 6 heteroatoms. The lowest BCUT2D eigenvalue weighted by molar-refractivity contribution is -0.142. The van der Waals surface area contributed by atoms with Gasteiger partial charge in [0.15, 0.2) is 18.2 Å². The maximum atomic E-state index is 13.7. The van der Waals surface area contributed by atoms with Crippen LogP contribution < -0.4 is 10.1 Å². The minimum atomic E-state index is -0.628. The van der Waals surface area contributed by atoms with E-state index in [0.717, 1.165) is 5.56 Å². The molecule has 0 saturated heterocycles. The van der Waals surface area contributed by atoms with Crippen molar-refractivity contribution in [2.24, 2.45) is 0 Å². The van der Waals surface area contributed by atoms with Crippen LogP contribution in [0.1, 0.15) is 18.9 Å². The molecule has 138 valence electrons. The summed E-state index contributed by atoms with van der Waals surface area (Å²) >= 11 is 0. The van der Waals surface area contributed by atoms with Crippen molar-refractivity contribution >= 4 is 11.8 Å². The molecule has 0 fully saturated rings. The molecule has 0 aromatic heterocycles. The molecule has 0 heterocycles. The van der Waals surface area contributed by atoms with Crippen molar-refractivity contribution in [3.63, 3.8) is 0 Å². The molecule has 1 N–H and O–H groups in total. The van der Waals surface area contributed by atoms with E-state index >= 15 is 0 Å². The molecule has 0 aliphatic heterocycles. The molecule has 1 atom stereocenters. The molecule has 0 aliphatic rings. The summed E-state index contributed by atoms with van der Waals surface area (Å²) in [7, 11) is 1.53. The average Bonchev–Trinajstić information content (AvgIpc) is 2.67. The van der Waals surface area contributed by atoms with Gasteiger partial charge in [-0.15, -0.1) is 0 Å². The Kier molecular flexibility index (Phi) is 7.14. The van der Waals surface area contributed by atoms with E-state index in [1.165, 1.54) is 24.1 Å². The Morgan fingerprint density at radius 1 is 1.12 bits per heavy atom. The van der Waals surface area contributed by atoms with E-state index in [2.05, 4.69) is 5.32 Å². The molecule has 26 heavy (non-hydrogen) atoms. The number of carbonyl (C=O) groups is 2. The zero-order valence-electron chi connectivity index (χ0n) is 14.9. The Balaban J connectivity index is 2.17. The van der Waals surface area contributed by atoms with Crippen molar-refractivity contribution in [1.82, 2.24) is 10.2 Å². The number of likely N-dealkylation sites (N-methyl/N-ethyl adjacent to an activating group) is 1. The molecule has 2 rings (SSSR count). The number of halogens is 1. The van der Waals surface area contributed by atoms with E-state index in [-0.39, 0.29) is 30.7 Å². The van der Waals surface area contributed by atoms with E-state index in [4.69, 9.17) is 4.74 Å². The smallest absolute Gasteiger partial charge is 0.261 e. The van der Waals surface area contributed by atoms with Gasteiger partial charge in [0.1, 0.15) is 6.04 Å². The number of benzene rings is 2. The summed E-state index contributed by atoms with van der Waals surface area (Å²) in [6, 6.07) is 14.7. The van der Waals surface area contributed by atoms with Crippen LogP contribution in [0.4, 0.5) is 4.39 Å². The fourth-order valence-electron chi connectivity index (χ4n) is 2.65. The molecule has 0 unspecified atom stereocenters. The molecular formula is C20H23FN2O3. The number of nitrogens with one attached hydrogen (secondary N) is 1. The number of hydrogen-bond acceptors (Lipinski definition) is 3. The van der Waals surface area contributed by atoms with Gasteiger partial charge in [-0.1, -0.05) is 49.4 Å². The third kappa shape index (κ3) is 5.05. The van der Waals surface area contributed by atoms with Crippen molar-refractivity contribution < 1.29 is 18.7 Å². The van der Waals surface area contributed by atoms with Crippen LogP contribution in [0, 0.1) is 5.82 Å². The van der Waals surface area contributed by atoms with E-state index in [0.29, 0.717) is 6.42 Å². The van der Waals surface area contributed by atoms with Gasteiger partial charge in [-0.25, -0.2) is 4.39 Å². The summed E-state index contributed by atoms with van der Waals surface area (Å²) in [5.41, 5.74) is 0.897. The van der Waals surface area contributed by atoms with Crippen LogP contribution in [0.15, 0.2) is 54.6 Å². The number of hydrogen-bond donors (Lipinski definition) is 1. The lowest BCUT2D eigenvalue weighted by Crippen LogP contribution is -2.49. The Hall–Kier alpha value is -2.89. The van der Waals surface area contributed by atoms with Gasteiger partial charge in [0, 0.05) is 13.6 Å². The summed E-state index contributed by atoms with van der Waals surface area (Å²) in [6.45, 7) is 1.76. The van der Waals surface area contributed by atoms with Crippen molar-refractivity contribution in [3.8, 4) is 5.75 Å². The van der Waals surface area contributed by atoms with Crippen LogP contribution in [0.3, 0.4) is 0 Å². The molecule has 0 spiro atoms. The number of nitrogens with zero attached hydrogens (tertiary/aromatic N) is 1. The monoisotopic (exact) mass is 358 g/mol. The van der Waals surface area contributed by atoms with Crippen LogP contribution in [0.5, 0.6) is 5.75 Å². The molecule has 2 aromatic carbocycles. The van der Waals surface area contributed by atoms with Gasteiger partial charge in [-0.3, -0.25) is 9.59 Å². The SMILES string of the molecule is CC[C@H](C(=O)NC)N(Cc1ccccc1)C(=O)COc1ccccc1F. The number of amides is 2. The zero-order chi connectivity index (χ0) is 18.9. The lowest BCUT2D eigenvalue weighted by Gasteiger charge is -2.30. The first-order valence-electron chi connectivity index (χ1n) is 8.49. The maximum absolute atomic E-state index is 13.7. The number of para-hydroxylation sites is 1. The first-order valence-corrected chi connectivity index (χ1v) is 8.49. The molecule has 0 radical (unpaired) electrons. The summed E-state index contributed by atoms with van der Waals surface area (Å²) < 4.78 is 19.0. The topological polar surface area (TPSA) is 58.6 Å². The van der Waals surface area contributed by atoms with Crippen molar-refractivity contribution in [2.75, 3.05) is 13.7 Å². The Bertz CT molecular complexity index is 737. The Labute approximate surface area is 152 Å². The van der Waals surface area contributed by atoms with Gasteiger partial charge in [0.2, 0.25) is 5.91 Å². The van der Waals surface area contributed by atoms with Gasteiger partial charge in [0.25, 0.3) is 5.91 Å². The van der Waals surface area contributed by atoms with E-state index < -0.39 is 11.9 Å². The number of rotatable bonds is 8. The van der Waals surface area contributed by atoms with Crippen molar-refractivity contribution in [3.05, 3.63) is 66.0 Å². The highest BCUT2D eigenvalue weighted by Gasteiger charge is 2.28. The third-order valence-corrected chi connectivity index (χ3v) is 4.02. The molecule has 0 bridgehead atoms. The predicted molar refractivity (Wildman–Crippen MR) is 97.0 cm³/mol. The first-order chi connectivity index (χ1) is 12.6. The van der Waals surface area contributed by atoms with Crippen LogP contribution in [-0.2, 0) is 16.1 Å². The molecular weight excluding hydrogens is 335 g/mol. The summed E-state index contributed by atoms with van der Waals surface area (Å²) in [5.74, 6) is -1.16. The van der Waals surface area contributed by atoms with Crippen LogP contribution in [0.2, 0.25) is 0 Å². The molecule has 5 nitrogen and oxygen atoms in total. The van der Waals surface area contributed by atoms with Gasteiger partial charge in [-0.05, 0) is 24.1 Å². The second kappa shape index (κ2) is 9.56. The van der Waals surface area contributed by atoms with Gasteiger partial charge >= 0.3 is 0 Å². The summed E-state index contributed by atoms with van der Waals surface area (Å²) in [5, 5.41) is 2.59. The molecule has 0 saturated carbocycles. The molecule has 0 aliphatic carbocycles. The van der Waals surface area contributed by atoms with Crippen LogP contribution in [-0.4, -0.2) is 36.4 Å². The maximum Gasteiger partial charge on any atom is 0.261 e. The second-order valence-corrected chi connectivity index (χ2v) is 5.76. The third-order valence-electron chi connectivity index (χ3n) is 4.02. The summed E-state index contributed by atoms with van der Waals surface area (Å²) in [4.78, 5) is 26.4. The van der Waals surface area contributed by atoms with Crippen molar-refractivity contribution in [2.45, 2.75) is 25.9 Å². The van der Waals surface area contributed by atoms with E-state index in [1.54, 1.807) is 12.1 Å². The fourth-order valence-corrected chi connectivity index (χ4v) is 2.65. The Morgan fingerprint density at radius 3 is 2.38 bits per heavy atom. The highest BCUT2D eigenvalue weighted by Crippen LogP contribution is 2.17. The number of carbonyl (C=O) groups excluding carboxylic acids is 2. The quantitative estimate of drug-likeness (QED) is 0.789. The summed E-state index contributed by atoms with van der Waals surface area (Å²) in [6.07, 6.45) is 0.456. The van der Waals surface area contributed by atoms with Gasteiger partial charge in [-0.2, -0.15) is 0 Å². The van der Waals surface area contributed by atoms with Crippen LogP contribution >= 0.6 is 0 Å². The highest BCUT2D eigenvalue weighted by molar-refractivity contribution is 5.88. The van der Waals surface area contributed by atoms with Gasteiger partial charge < -0.3 is 15.0 Å². The lowest BCUT2D eigenvalue weighted by atomic mass is 10.1. The minimum absolute atomic E-state index is 0.00787. The minimum Gasteiger partial charge on any atom is -0.481 e. The second-order valence-electron chi connectivity index (χ2n) is 5.76. The fraction of sp³-hybridized carbons (Fsp3) is 0.300. The molecule has 2 aromatic rings. The van der Waals surface area contributed by atoms with E-state index in [1.807, 2.05) is 37.3 Å². The molecule has 2 amide bonds. The van der Waals surface area contributed by atoms with Crippen molar-refractivity contribution in [1.29, 1.82) is 0 Å². The van der Waals surface area contributed by atoms with Gasteiger partial charge in [0.05, 0.1) is 0 Å². The first kappa shape index (κ1) is 19.4. The predicted octanol–water partition coefficient (Wildman–Crippen LogP) is 2.76. The Morgan fingerprint density at radius 2 is 1.77 bits per heavy atom. The number of ether oxygens (including phenoxy) is 1. The normalized spacial score (nSPS) is 11.5. The largest absolute Gasteiger partial charge is 0.481 e.